The fourth-order valence-electron chi connectivity index (χ4n) is 5.24. The largest absolute Gasteiger partial charge is 0.497 e. The maximum Gasteiger partial charge on any atom is 0.265 e. The van der Waals surface area contributed by atoms with Gasteiger partial charge in [-0.05, 0) is 54.4 Å². The van der Waals surface area contributed by atoms with Gasteiger partial charge in [0.25, 0.3) is 10.0 Å². The highest BCUT2D eigenvalue weighted by atomic mass is 35.5. The van der Waals surface area contributed by atoms with Gasteiger partial charge in [0.05, 0.1) is 39.0 Å². The van der Waals surface area contributed by atoms with Gasteiger partial charge in [-0.3, -0.25) is 13.9 Å². The van der Waals surface area contributed by atoms with E-state index in [1.54, 1.807) is 43.3 Å². The summed E-state index contributed by atoms with van der Waals surface area (Å²) in [6, 6.07) is 24.0. The molecule has 0 heterocycles. The molecule has 4 rings (SSSR count). The van der Waals surface area contributed by atoms with Gasteiger partial charge in [-0.2, -0.15) is 0 Å². The maximum absolute atomic E-state index is 14.7. The van der Waals surface area contributed by atoms with E-state index in [2.05, 4.69) is 5.32 Å². The van der Waals surface area contributed by atoms with Gasteiger partial charge in [-0.15, -0.1) is 0 Å². The summed E-state index contributed by atoms with van der Waals surface area (Å²) >= 11 is 6.15. The fourth-order valence-corrected chi connectivity index (χ4v) is 6.80. The molecule has 0 fully saturated rings. The van der Waals surface area contributed by atoms with Gasteiger partial charge in [0, 0.05) is 36.7 Å². The van der Waals surface area contributed by atoms with Crippen LogP contribution in [0, 0.1) is 0 Å². The number of halogens is 1. The molecule has 0 unspecified atom stereocenters. The van der Waals surface area contributed by atoms with Gasteiger partial charge in [0.1, 0.15) is 24.1 Å². The van der Waals surface area contributed by atoms with Gasteiger partial charge >= 0.3 is 0 Å². The third kappa shape index (κ3) is 8.95. The lowest BCUT2D eigenvalue weighted by molar-refractivity contribution is -0.140. The van der Waals surface area contributed by atoms with Crippen LogP contribution in [0.5, 0.6) is 23.0 Å². The zero-order chi connectivity index (χ0) is 35.6. The number of carbonyl (C=O) groups excluding carboxylic acids is 2. The molecule has 11 nitrogen and oxygen atoms in total. The molecule has 0 aliphatic rings. The van der Waals surface area contributed by atoms with E-state index >= 15 is 0 Å². The normalized spacial score (nSPS) is 11.6. The van der Waals surface area contributed by atoms with Crippen LogP contribution in [0.15, 0.2) is 95.9 Å². The van der Waals surface area contributed by atoms with E-state index in [-0.39, 0.29) is 41.0 Å². The highest BCUT2D eigenvalue weighted by molar-refractivity contribution is 7.92. The summed E-state index contributed by atoms with van der Waals surface area (Å²) in [4.78, 5) is 29.6. The molecule has 0 aliphatic heterocycles. The molecule has 4 aromatic carbocycles. The second kappa shape index (κ2) is 16.9. The first-order chi connectivity index (χ1) is 23.6. The van der Waals surface area contributed by atoms with Crippen LogP contribution in [0.2, 0.25) is 5.02 Å². The number of likely N-dealkylation sites (N-methyl/N-ethyl adjacent to an activating group) is 1. The van der Waals surface area contributed by atoms with Crippen molar-refractivity contribution in [3.8, 4) is 23.0 Å². The molecule has 0 spiro atoms. The van der Waals surface area contributed by atoms with E-state index in [4.69, 9.17) is 30.5 Å². The van der Waals surface area contributed by atoms with Crippen molar-refractivity contribution in [2.45, 2.75) is 30.8 Å². The molecule has 1 atom stereocenters. The number of hydrogen-bond donors (Lipinski definition) is 1. The second-order valence-corrected chi connectivity index (χ2v) is 13.1. The van der Waals surface area contributed by atoms with Gasteiger partial charge < -0.3 is 29.2 Å². The predicted molar refractivity (Wildman–Crippen MR) is 188 cm³/mol. The second-order valence-electron chi connectivity index (χ2n) is 10.8. The average Bonchev–Trinajstić information content (AvgIpc) is 3.12. The predicted octanol–water partition coefficient (Wildman–Crippen LogP) is 5.35. The summed E-state index contributed by atoms with van der Waals surface area (Å²) in [5, 5.41) is 3.35. The van der Waals surface area contributed by atoms with Gasteiger partial charge in [0.15, 0.2) is 11.5 Å². The minimum absolute atomic E-state index is 0.00979. The number of nitrogens with one attached hydrogen (secondary N) is 1. The zero-order valence-corrected chi connectivity index (χ0v) is 29.6. The van der Waals surface area contributed by atoms with E-state index < -0.39 is 28.5 Å². The Labute approximate surface area is 292 Å². The summed E-state index contributed by atoms with van der Waals surface area (Å²) in [7, 11) is 1.17. The minimum atomic E-state index is -4.49. The number of nitrogens with zero attached hydrogens (tertiary/aromatic N) is 2. The fraction of sp³-hybridized carbons (Fsp3) is 0.278. The topological polar surface area (TPSA) is 124 Å². The Hall–Kier alpha value is -4.94. The van der Waals surface area contributed by atoms with Crippen LogP contribution < -0.4 is 28.6 Å². The Morgan fingerprint density at radius 3 is 2.04 bits per heavy atom. The standard InChI is InChI=1S/C36H40ClN3O8S/c1-6-38-36(42)31(20-25-10-8-7-9-11-25)39(23-26-12-14-27(37)15-13-26)35(41)24-40(30-21-28(45-2)16-18-32(30)46-3)49(43,44)29-17-19-33(47-4)34(22-29)48-5/h7-19,21-22,31H,6,20,23-24H2,1-5H3,(H,38,42)/t31-/m1/s1. The van der Waals surface area contributed by atoms with Crippen LogP contribution in [0.4, 0.5) is 5.69 Å². The van der Waals surface area contributed by atoms with Crippen LogP contribution in [-0.2, 0) is 32.6 Å². The highest BCUT2D eigenvalue weighted by Gasteiger charge is 2.36. The quantitative estimate of drug-likeness (QED) is 0.165. The molecule has 49 heavy (non-hydrogen) atoms. The zero-order valence-electron chi connectivity index (χ0n) is 28.0. The molecule has 0 saturated heterocycles. The third-order valence-corrected chi connectivity index (χ3v) is 9.77. The summed E-state index contributed by atoms with van der Waals surface area (Å²) < 4.78 is 51.8. The summed E-state index contributed by atoms with van der Waals surface area (Å²) in [6.45, 7) is 1.41. The van der Waals surface area contributed by atoms with E-state index in [0.29, 0.717) is 28.6 Å². The monoisotopic (exact) mass is 709 g/mol. The molecule has 0 aliphatic carbocycles. The Kier molecular flexibility index (Phi) is 12.8. The number of benzene rings is 4. The molecule has 13 heteroatoms. The van der Waals surface area contributed by atoms with Crippen molar-refractivity contribution >= 4 is 39.1 Å². The summed E-state index contributed by atoms with van der Waals surface area (Å²) in [5.74, 6) is -0.0265. The number of methoxy groups -OCH3 is 4. The molecule has 1 N–H and O–H groups in total. The molecule has 0 saturated carbocycles. The van der Waals surface area contributed by atoms with Gasteiger partial charge in [-0.25, -0.2) is 8.42 Å². The van der Waals surface area contributed by atoms with Gasteiger partial charge in [-0.1, -0.05) is 54.1 Å². The van der Waals surface area contributed by atoms with Crippen LogP contribution in [0.1, 0.15) is 18.1 Å². The first kappa shape index (κ1) is 36.9. The van der Waals surface area contributed by atoms with Crippen molar-refractivity contribution in [1.29, 1.82) is 0 Å². The maximum atomic E-state index is 14.7. The van der Waals surface area contributed by atoms with Crippen molar-refractivity contribution in [2.75, 3.05) is 45.8 Å². The van der Waals surface area contributed by atoms with Crippen LogP contribution >= 0.6 is 11.6 Å². The SMILES string of the molecule is CCNC(=O)[C@@H](Cc1ccccc1)N(Cc1ccc(Cl)cc1)C(=O)CN(c1cc(OC)ccc1OC)S(=O)(=O)c1ccc(OC)c(OC)c1. The van der Waals surface area contributed by atoms with E-state index in [0.717, 1.165) is 9.87 Å². The van der Waals surface area contributed by atoms with Crippen LogP contribution in [0.25, 0.3) is 0 Å². The molecule has 2 amide bonds. The number of hydrogen-bond acceptors (Lipinski definition) is 8. The first-order valence-corrected chi connectivity index (χ1v) is 17.2. The number of carbonyl (C=O) groups is 2. The summed E-state index contributed by atoms with van der Waals surface area (Å²) in [6.07, 6.45) is 0.177. The van der Waals surface area contributed by atoms with Crippen molar-refractivity contribution < 1.29 is 37.0 Å². The minimum Gasteiger partial charge on any atom is -0.497 e. The van der Waals surface area contributed by atoms with Crippen molar-refractivity contribution in [3.63, 3.8) is 0 Å². The number of sulfonamides is 1. The van der Waals surface area contributed by atoms with Gasteiger partial charge in [0.2, 0.25) is 11.8 Å². The molecule has 0 aromatic heterocycles. The van der Waals surface area contributed by atoms with Crippen molar-refractivity contribution in [1.82, 2.24) is 10.2 Å². The number of anilines is 1. The van der Waals surface area contributed by atoms with Crippen molar-refractivity contribution in [3.05, 3.63) is 107 Å². The molecular weight excluding hydrogens is 670 g/mol. The lowest BCUT2D eigenvalue weighted by Crippen LogP contribution is -2.53. The molecular formula is C36H40ClN3O8S. The average molecular weight is 710 g/mol. The lowest BCUT2D eigenvalue weighted by atomic mass is 10.0. The smallest absolute Gasteiger partial charge is 0.265 e. The molecule has 4 aromatic rings. The number of amides is 2. The number of ether oxygens (including phenoxy) is 4. The Bertz CT molecular complexity index is 1840. The number of rotatable bonds is 16. The highest BCUT2D eigenvalue weighted by Crippen LogP contribution is 2.38. The van der Waals surface area contributed by atoms with Crippen LogP contribution in [0.3, 0.4) is 0 Å². The van der Waals surface area contributed by atoms with Crippen LogP contribution in [-0.4, -0.2) is 72.7 Å². The first-order valence-electron chi connectivity index (χ1n) is 15.4. The lowest BCUT2D eigenvalue weighted by Gasteiger charge is -2.34. The molecule has 0 radical (unpaired) electrons. The van der Waals surface area contributed by atoms with Crippen molar-refractivity contribution in [2.24, 2.45) is 0 Å². The van der Waals surface area contributed by atoms with E-state index in [9.17, 15) is 18.0 Å². The Morgan fingerprint density at radius 2 is 1.43 bits per heavy atom. The Balaban J connectivity index is 1.89. The summed E-state index contributed by atoms with van der Waals surface area (Å²) in [5.41, 5.74) is 1.55. The Morgan fingerprint density at radius 1 is 0.776 bits per heavy atom. The van der Waals surface area contributed by atoms with E-state index in [1.807, 2.05) is 30.3 Å². The molecule has 0 bridgehead atoms. The third-order valence-electron chi connectivity index (χ3n) is 7.76. The van der Waals surface area contributed by atoms with E-state index in [1.165, 1.54) is 57.6 Å². The molecule has 260 valence electrons.